The molecule has 364 valence electrons. The van der Waals surface area contributed by atoms with Gasteiger partial charge in [0.25, 0.3) is 0 Å². The maximum atomic E-state index is 12.8. The summed E-state index contributed by atoms with van der Waals surface area (Å²) in [5.74, 6) is -0.973. The molecule has 0 aromatic carbocycles. The first-order chi connectivity index (χ1) is 31.5. The lowest BCUT2D eigenvalue weighted by Crippen LogP contribution is -2.30. The molecule has 0 amide bonds. The van der Waals surface area contributed by atoms with Crippen LogP contribution >= 0.6 is 0 Å². The van der Waals surface area contributed by atoms with Gasteiger partial charge in [0.1, 0.15) is 13.2 Å². The smallest absolute Gasteiger partial charge is 0.306 e. The van der Waals surface area contributed by atoms with Crippen LogP contribution in [0.3, 0.4) is 0 Å². The van der Waals surface area contributed by atoms with Gasteiger partial charge in [0, 0.05) is 19.3 Å². The summed E-state index contributed by atoms with van der Waals surface area (Å²) in [7, 11) is 0. The Hall–Kier alpha value is -3.67. The number of hydrogen-bond donors (Lipinski definition) is 0. The lowest BCUT2D eigenvalue weighted by molar-refractivity contribution is -0.167. The first-order valence-corrected chi connectivity index (χ1v) is 26.3. The van der Waals surface area contributed by atoms with Crippen molar-refractivity contribution in [2.24, 2.45) is 0 Å². The molecule has 1 unspecified atom stereocenters. The Balaban J connectivity index is 4.48. The van der Waals surface area contributed by atoms with Gasteiger partial charge in [-0.15, -0.1) is 0 Å². The first kappa shape index (κ1) is 60.3. The maximum Gasteiger partial charge on any atom is 0.306 e. The van der Waals surface area contributed by atoms with Gasteiger partial charge in [-0.2, -0.15) is 0 Å². The monoisotopic (exact) mass is 889 g/mol. The van der Waals surface area contributed by atoms with Crippen molar-refractivity contribution in [3.05, 3.63) is 97.2 Å². The molecule has 0 N–H and O–H groups in total. The Morgan fingerprint density at radius 2 is 0.609 bits per heavy atom. The second-order valence-corrected chi connectivity index (χ2v) is 17.2. The Morgan fingerprint density at radius 1 is 0.328 bits per heavy atom. The molecule has 0 spiro atoms. The molecule has 0 aromatic rings. The molecule has 0 aliphatic carbocycles. The Kier molecular flexibility index (Phi) is 49.0. The van der Waals surface area contributed by atoms with E-state index in [1.807, 2.05) is 36.5 Å². The molecular weight excluding hydrogens is 793 g/mol. The van der Waals surface area contributed by atoms with Crippen LogP contribution in [-0.2, 0) is 28.6 Å². The Bertz CT molecular complexity index is 1300. The summed E-state index contributed by atoms with van der Waals surface area (Å²) < 4.78 is 16.7. The topological polar surface area (TPSA) is 78.9 Å². The average molecular weight is 889 g/mol. The van der Waals surface area contributed by atoms with Crippen molar-refractivity contribution in [1.82, 2.24) is 0 Å². The number of unbranched alkanes of at least 4 members (excludes halogenated alkanes) is 24. The van der Waals surface area contributed by atoms with E-state index in [0.29, 0.717) is 19.3 Å². The zero-order valence-corrected chi connectivity index (χ0v) is 41.5. The van der Waals surface area contributed by atoms with Crippen molar-refractivity contribution in [3.63, 3.8) is 0 Å². The molecule has 0 aromatic heterocycles. The van der Waals surface area contributed by atoms with E-state index in [1.54, 1.807) is 0 Å². The van der Waals surface area contributed by atoms with Gasteiger partial charge in [-0.3, -0.25) is 14.4 Å². The van der Waals surface area contributed by atoms with Gasteiger partial charge in [0.2, 0.25) is 0 Å². The van der Waals surface area contributed by atoms with Crippen LogP contribution in [0.5, 0.6) is 0 Å². The fourth-order valence-corrected chi connectivity index (χ4v) is 6.96. The van der Waals surface area contributed by atoms with Gasteiger partial charge >= 0.3 is 17.9 Å². The van der Waals surface area contributed by atoms with Crippen molar-refractivity contribution in [2.45, 2.75) is 239 Å². The largest absolute Gasteiger partial charge is 0.462 e. The summed E-state index contributed by atoms with van der Waals surface area (Å²) in [4.78, 5) is 38.0. The standard InChI is InChI=1S/C58H96O6/c1-4-7-10-13-16-19-22-25-27-28-29-31-33-36-39-42-45-48-51-57(60)63-54-55(53-62-56(59)50-47-44-41-38-35-32-24-21-18-15-12-9-6-3)64-58(61)52-49-46-43-40-37-34-30-26-23-20-17-14-11-8-5-2/h9,12,15,17-18,20-21,23-24,26-29,31-32,35,55H,4-8,10-11,13-14,16,19,22,25,30,33-34,36-54H2,1-3H3/b12-9+,18-15+,20-17+,24-21+,26-23+,28-27+,31-29+,35-32+. The molecule has 0 radical (unpaired) electrons. The Morgan fingerprint density at radius 3 is 1.02 bits per heavy atom. The molecule has 0 fully saturated rings. The van der Waals surface area contributed by atoms with E-state index >= 15 is 0 Å². The van der Waals surface area contributed by atoms with Crippen molar-refractivity contribution in [2.75, 3.05) is 13.2 Å². The van der Waals surface area contributed by atoms with Crippen LogP contribution in [0.15, 0.2) is 97.2 Å². The number of hydrogen-bond acceptors (Lipinski definition) is 6. The molecule has 0 bridgehead atoms. The third kappa shape index (κ3) is 49.3. The third-order valence-corrected chi connectivity index (χ3v) is 10.9. The van der Waals surface area contributed by atoms with Crippen molar-refractivity contribution < 1.29 is 28.6 Å². The highest BCUT2D eigenvalue weighted by molar-refractivity contribution is 5.71. The van der Waals surface area contributed by atoms with Crippen molar-refractivity contribution in [1.29, 1.82) is 0 Å². The van der Waals surface area contributed by atoms with Crippen LogP contribution in [-0.4, -0.2) is 37.2 Å². The molecule has 0 saturated heterocycles. The summed E-state index contributed by atoms with van der Waals surface area (Å²) in [5.41, 5.74) is 0. The fourth-order valence-electron chi connectivity index (χ4n) is 6.96. The molecule has 6 nitrogen and oxygen atoms in total. The van der Waals surface area contributed by atoms with E-state index in [9.17, 15) is 14.4 Å². The van der Waals surface area contributed by atoms with E-state index in [4.69, 9.17) is 14.2 Å². The number of esters is 3. The van der Waals surface area contributed by atoms with Crippen molar-refractivity contribution >= 4 is 17.9 Å². The number of carbonyl (C=O) groups is 3. The highest BCUT2D eigenvalue weighted by Crippen LogP contribution is 2.13. The lowest BCUT2D eigenvalue weighted by atomic mass is 10.1. The number of carbonyl (C=O) groups excluding carboxylic acids is 3. The molecule has 0 saturated carbocycles. The minimum absolute atomic E-state index is 0.104. The van der Waals surface area contributed by atoms with Crippen LogP contribution in [0.1, 0.15) is 233 Å². The molecule has 0 heterocycles. The molecule has 1 atom stereocenters. The maximum absolute atomic E-state index is 12.8. The zero-order chi connectivity index (χ0) is 46.5. The van der Waals surface area contributed by atoms with E-state index in [0.717, 1.165) is 103 Å². The summed E-state index contributed by atoms with van der Waals surface area (Å²) in [6, 6.07) is 0. The fraction of sp³-hybridized carbons (Fsp3) is 0.672. The van der Waals surface area contributed by atoms with Gasteiger partial charge in [-0.1, -0.05) is 221 Å². The van der Waals surface area contributed by atoms with E-state index in [-0.39, 0.29) is 31.1 Å². The first-order valence-electron chi connectivity index (χ1n) is 26.3. The van der Waals surface area contributed by atoms with Gasteiger partial charge < -0.3 is 14.2 Å². The minimum atomic E-state index is -0.807. The predicted molar refractivity (Wildman–Crippen MR) is 274 cm³/mol. The summed E-state index contributed by atoms with van der Waals surface area (Å²) in [6.07, 6.45) is 68.2. The molecule has 6 heteroatoms. The lowest BCUT2D eigenvalue weighted by Gasteiger charge is -2.18. The van der Waals surface area contributed by atoms with Crippen LogP contribution in [0.25, 0.3) is 0 Å². The number of ether oxygens (including phenoxy) is 3. The normalized spacial score (nSPS) is 12.9. The van der Waals surface area contributed by atoms with Crippen LogP contribution in [0, 0.1) is 0 Å². The number of allylic oxidation sites excluding steroid dienone is 16. The van der Waals surface area contributed by atoms with Gasteiger partial charge in [0.05, 0.1) is 0 Å². The van der Waals surface area contributed by atoms with Gasteiger partial charge in [0.15, 0.2) is 6.10 Å². The highest BCUT2D eigenvalue weighted by Gasteiger charge is 2.19. The van der Waals surface area contributed by atoms with Crippen LogP contribution in [0.4, 0.5) is 0 Å². The summed E-state index contributed by atoms with van der Waals surface area (Å²) in [6.45, 7) is 6.40. The average Bonchev–Trinajstić information content (AvgIpc) is 3.29. The molecule has 0 aliphatic rings. The van der Waals surface area contributed by atoms with E-state index in [2.05, 4.69) is 81.5 Å². The SMILES string of the molecule is CC/C=C/C=C/C=C/C=C/CCCCCC(=O)OCC(COC(=O)CCCCCCC/C=C/C=C/CCCCCCCCC)OC(=O)CCCCCCCC/C=C/C=C/CCCCC. The third-order valence-electron chi connectivity index (χ3n) is 10.9. The Labute approximate surface area is 394 Å². The molecule has 0 rings (SSSR count). The quantitative estimate of drug-likeness (QED) is 0.0262. The second-order valence-electron chi connectivity index (χ2n) is 17.2. The molecule has 64 heavy (non-hydrogen) atoms. The summed E-state index contributed by atoms with van der Waals surface area (Å²) >= 11 is 0. The van der Waals surface area contributed by atoms with Gasteiger partial charge in [-0.05, 0) is 89.9 Å². The zero-order valence-electron chi connectivity index (χ0n) is 41.5. The predicted octanol–water partition coefficient (Wildman–Crippen LogP) is 17.4. The van der Waals surface area contributed by atoms with E-state index in [1.165, 1.54) is 89.9 Å². The highest BCUT2D eigenvalue weighted by atomic mass is 16.6. The number of rotatable bonds is 46. The van der Waals surface area contributed by atoms with Crippen LogP contribution < -0.4 is 0 Å². The molecule has 0 aliphatic heterocycles. The van der Waals surface area contributed by atoms with Gasteiger partial charge in [-0.25, -0.2) is 0 Å². The minimum Gasteiger partial charge on any atom is -0.462 e. The molecular formula is C58H96O6. The van der Waals surface area contributed by atoms with Crippen molar-refractivity contribution in [3.8, 4) is 0 Å². The second kappa shape index (κ2) is 52.0. The summed E-state index contributed by atoms with van der Waals surface area (Å²) in [5, 5.41) is 0. The van der Waals surface area contributed by atoms with Crippen LogP contribution in [0.2, 0.25) is 0 Å². The van der Waals surface area contributed by atoms with E-state index < -0.39 is 6.10 Å².